The maximum atomic E-state index is 13.1. The first-order valence-electron chi connectivity index (χ1n) is 10.1. The molecule has 1 unspecified atom stereocenters. The number of rotatable bonds is 10. The summed E-state index contributed by atoms with van der Waals surface area (Å²) < 4.78 is 28.9. The Bertz CT molecular complexity index is 1140. The molecule has 0 aliphatic heterocycles. The normalized spacial score (nSPS) is 12.9. The second-order valence-corrected chi connectivity index (χ2v) is 9.84. The van der Waals surface area contributed by atoms with Crippen LogP contribution in [0.5, 0.6) is 0 Å². The van der Waals surface area contributed by atoms with Crippen LogP contribution in [-0.2, 0) is 10.0 Å². The van der Waals surface area contributed by atoms with Gasteiger partial charge in [0, 0.05) is 24.8 Å². The first-order valence-corrected chi connectivity index (χ1v) is 12.9. The molecule has 1 amide bonds. The number of hydrogen-bond donors (Lipinski definition) is 1. The van der Waals surface area contributed by atoms with E-state index in [1.54, 1.807) is 37.7 Å². The van der Waals surface area contributed by atoms with E-state index in [0.29, 0.717) is 31.0 Å². The van der Waals surface area contributed by atoms with Gasteiger partial charge in [-0.15, -0.1) is 10.2 Å². The number of thioether (sulfide) groups is 1. The maximum absolute atomic E-state index is 13.1. The van der Waals surface area contributed by atoms with E-state index in [4.69, 9.17) is 0 Å². The highest BCUT2D eigenvalue weighted by Gasteiger charge is 2.24. The van der Waals surface area contributed by atoms with Crippen LogP contribution in [0.2, 0.25) is 0 Å². The molecule has 0 aliphatic rings. The van der Waals surface area contributed by atoms with Gasteiger partial charge in [-0.25, -0.2) is 8.42 Å². The Hall–Kier alpha value is -2.43. The van der Waals surface area contributed by atoms with E-state index in [2.05, 4.69) is 15.5 Å². The maximum Gasteiger partial charge on any atom is 0.251 e. The highest BCUT2D eigenvalue weighted by molar-refractivity contribution is 7.98. The van der Waals surface area contributed by atoms with Gasteiger partial charge in [0.15, 0.2) is 11.5 Å². The number of fused-ring (bicyclic) bond motifs is 1. The van der Waals surface area contributed by atoms with Gasteiger partial charge >= 0.3 is 0 Å². The quantitative estimate of drug-likeness (QED) is 0.499. The molecule has 0 aliphatic carbocycles. The lowest BCUT2D eigenvalue weighted by molar-refractivity contribution is 0.0933. The van der Waals surface area contributed by atoms with Crippen molar-refractivity contribution in [2.45, 2.75) is 31.2 Å². The fourth-order valence-corrected chi connectivity index (χ4v) is 5.33. The van der Waals surface area contributed by atoms with Gasteiger partial charge in [0.05, 0.1) is 10.9 Å². The predicted molar refractivity (Wildman–Crippen MR) is 123 cm³/mol. The van der Waals surface area contributed by atoms with Crippen molar-refractivity contribution in [1.29, 1.82) is 0 Å². The summed E-state index contributed by atoms with van der Waals surface area (Å²) in [5.74, 6) is 1.11. The van der Waals surface area contributed by atoms with Crippen LogP contribution in [0.4, 0.5) is 0 Å². The van der Waals surface area contributed by atoms with E-state index in [-0.39, 0.29) is 22.4 Å². The van der Waals surface area contributed by atoms with Crippen molar-refractivity contribution >= 4 is 33.3 Å². The van der Waals surface area contributed by atoms with Crippen LogP contribution in [0.1, 0.15) is 42.5 Å². The fraction of sp³-hybridized carbons (Fsp3) is 0.381. The van der Waals surface area contributed by atoms with Gasteiger partial charge in [0.1, 0.15) is 0 Å². The summed E-state index contributed by atoms with van der Waals surface area (Å²) in [6.07, 6.45) is 4.53. The Kier molecular flexibility index (Phi) is 7.69. The number of nitrogens with one attached hydrogen (secondary N) is 1. The summed E-state index contributed by atoms with van der Waals surface area (Å²) in [6, 6.07) is 11.4. The average molecular weight is 462 g/mol. The van der Waals surface area contributed by atoms with Crippen LogP contribution in [0, 0.1) is 0 Å². The number of benzene rings is 1. The zero-order chi connectivity index (χ0) is 22.4. The van der Waals surface area contributed by atoms with Crippen molar-refractivity contribution in [3.63, 3.8) is 0 Å². The number of aromatic nitrogens is 3. The van der Waals surface area contributed by atoms with Gasteiger partial charge in [-0.1, -0.05) is 26.0 Å². The Morgan fingerprint density at radius 1 is 1.16 bits per heavy atom. The zero-order valence-corrected chi connectivity index (χ0v) is 19.5. The van der Waals surface area contributed by atoms with Crippen LogP contribution in [-0.4, -0.2) is 58.3 Å². The fourth-order valence-electron chi connectivity index (χ4n) is 3.35. The number of pyridine rings is 1. The summed E-state index contributed by atoms with van der Waals surface area (Å²) in [7, 11) is -3.65. The smallest absolute Gasteiger partial charge is 0.251 e. The summed E-state index contributed by atoms with van der Waals surface area (Å²) in [5.41, 5.74) is 0.990. The van der Waals surface area contributed by atoms with Crippen LogP contribution in [0.3, 0.4) is 0 Å². The first kappa shape index (κ1) is 23.2. The molecule has 0 saturated heterocycles. The second kappa shape index (κ2) is 10.3. The second-order valence-electron chi connectivity index (χ2n) is 6.91. The Morgan fingerprint density at radius 2 is 1.94 bits per heavy atom. The SMILES string of the molecule is CCN(CC)S(=O)(=O)c1cccc(C(=O)NC(CCSC)c2nnc3ccccn23)c1. The van der Waals surface area contributed by atoms with Gasteiger partial charge < -0.3 is 5.32 Å². The molecule has 3 rings (SSSR count). The van der Waals surface area contributed by atoms with E-state index < -0.39 is 10.0 Å². The molecule has 1 N–H and O–H groups in total. The molecule has 1 atom stereocenters. The monoisotopic (exact) mass is 461 g/mol. The number of hydrogen-bond acceptors (Lipinski definition) is 6. The minimum absolute atomic E-state index is 0.109. The lowest BCUT2D eigenvalue weighted by atomic mass is 10.1. The van der Waals surface area contributed by atoms with Crippen LogP contribution in [0.15, 0.2) is 53.6 Å². The van der Waals surface area contributed by atoms with Gasteiger partial charge in [0.25, 0.3) is 5.91 Å². The summed E-state index contributed by atoms with van der Waals surface area (Å²) >= 11 is 1.68. The highest BCUT2D eigenvalue weighted by Crippen LogP contribution is 2.21. The summed E-state index contributed by atoms with van der Waals surface area (Å²) in [4.78, 5) is 13.2. The molecule has 10 heteroatoms. The number of sulfonamides is 1. The Morgan fingerprint density at radius 3 is 2.65 bits per heavy atom. The minimum Gasteiger partial charge on any atom is -0.342 e. The lowest BCUT2D eigenvalue weighted by Crippen LogP contribution is -2.32. The molecule has 0 bridgehead atoms. The van der Waals surface area contributed by atoms with Crippen LogP contribution in [0.25, 0.3) is 5.65 Å². The lowest BCUT2D eigenvalue weighted by Gasteiger charge is -2.19. The molecule has 3 aromatic rings. The van der Waals surface area contributed by atoms with Crippen LogP contribution >= 0.6 is 11.8 Å². The third-order valence-corrected chi connectivity index (χ3v) is 7.70. The topological polar surface area (TPSA) is 96.7 Å². The van der Waals surface area contributed by atoms with Crippen molar-refractivity contribution in [2.75, 3.05) is 25.1 Å². The van der Waals surface area contributed by atoms with Crippen molar-refractivity contribution < 1.29 is 13.2 Å². The molecule has 2 aromatic heterocycles. The Balaban J connectivity index is 1.89. The molecule has 0 spiro atoms. The number of amides is 1. The number of carbonyl (C=O) groups is 1. The third-order valence-electron chi connectivity index (χ3n) is 5.01. The molecule has 8 nitrogen and oxygen atoms in total. The van der Waals surface area contributed by atoms with Gasteiger partial charge in [-0.3, -0.25) is 9.20 Å². The highest BCUT2D eigenvalue weighted by atomic mass is 32.2. The summed E-state index contributed by atoms with van der Waals surface area (Å²) in [6.45, 7) is 4.31. The van der Waals surface area contributed by atoms with Gasteiger partial charge in [-0.05, 0) is 48.8 Å². The van der Waals surface area contributed by atoms with Crippen molar-refractivity contribution in [3.8, 4) is 0 Å². The van der Waals surface area contributed by atoms with Crippen molar-refractivity contribution in [3.05, 3.63) is 60.0 Å². The molecule has 1 aromatic carbocycles. The molecular weight excluding hydrogens is 434 g/mol. The molecular formula is C21H27N5O3S2. The molecule has 31 heavy (non-hydrogen) atoms. The molecule has 166 valence electrons. The average Bonchev–Trinajstić information content (AvgIpc) is 3.21. The molecule has 2 heterocycles. The van der Waals surface area contributed by atoms with Crippen LogP contribution < -0.4 is 5.32 Å². The van der Waals surface area contributed by atoms with E-state index in [1.807, 2.05) is 35.1 Å². The van der Waals surface area contributed by atoms with E-state index in [1.165, 1.54) is 16.4 Å². The van der Waals surface area contributed by atoms with Crippen molar-refractivity contribution in [1.82, 2.24) is 24.2 Å². The Labute approximate surface area is 187 Å². The zero-order valence-electron chi connectivity index (χ0n) is 17.9. The van der Waals surface area contributed by atoms with Gasteiger partial charge in [0.2, 0.25) is 10.0 Å². The van der Waals surface area contributed by atoms with E-state index in [9.17, 15) is 13.2 Å². The number of carbonyl (C=O) groups excluding carboxylic acids is 1. The standard InChI is InChI=1S/C21H27N5O3S2/c1-4-25(5-2)31(28,29)17-10-8-9-16(15-17)21(27)22-18(12-14-30-3)20-24-23-19-11-6-7-13-26(19)20/h6-11,13,15,18H,4-5,12,14H2,1-3H3,(H,22,27). The van der Waals surface area contributed by atoms with E-state index in [0.717, 1.165) is 5.75 Å². The molecule has 0 saturated carbocycles. The molecule has 0 fully saturated rings. The third kappa shape index (κ3) is 5.08. The van der Waals surface area contributed by atoms with Gasteiger partial charge in [-0.2, -0.15) is 16.1 Å². The number of nitrogens with zero attached hydrogens (tertiary/aromatic N) is 4. The first-order chi connectivity index (χ1) is 14.9. The van der Waals surface area contributed by atoms with E-state index >= 15 is 0 Å². The summed E-state index contributed by atoms with van der Waals surface area (Å²) in [5, 5.41) is 11.5. The van der Waals surface area contributed by atoms with Crippen molar-refractivity contribution in [2.24, 2.45) is 0 Å². The molecule has 0 radical (unpaired) electrons. The predicted octanol–water partition coefficient (Wildman–Crippen LogP) is 2.98. The largest absolute Gasteiger partial charge is 0.342 e. The minimum atomic E-state index is -3.65.